The molecule has 7 nitrogen and oxygen atoms in total. The first-order valence-electron chi connectivity index (χ1n) is 10.1. The number of benzene rings is 2. The summed E-state index contributed by atoms with van der Waals surface area (Å²) >= 11 is 7.53. The Morgan fingerprint density at radius 2 is 1.97 bits per heavy atom. The van der Waals surface area contributed by atoms with E-state index in [4.69, 9.17) is 26.5 Å². The van der Waals surface area contributed by atoms with E-state index in [9.17, 15) is 4.79 Å². The molecule has 0 saturated carbocycles. The summed E-state index contributed by atoms with van der Waals surface area (Å²) < 4.78 is 11.7. The number of amidine groups is 2. The van der Waals surface area contributed by atoms with Crippen molar-refractivity contribution in [3.05, 3.63) is 64.2 Å². The zero-order chi connectivity index (χ0) is 22.7. The lowest BCUT2D eigenvalue weighted by molar-refractivity contribution is -0.114. The van der Waals surface area contributed by atoms with Gasteiger partial charge in [0, 0.05) is 10.6 Å². The fourth-order valence-corrected chi connectivity index (χ4v) is 4.13. The van der Waals surface area contributed by atoms with Gasteiger partial charge < -0.3 is 9.47 Å². The molecule has 0 fully saturated rings. The first-order valence-corrected chi connectivity index (χ1v) is 11.3. The smallest absolute Gasteiger partial charge is 0.283 e. The van der Waals surface area contributed by atoms with Crippen LogP contribution < -0.4 is 9.47 Å². The molecular weight excluding hydrogens is 448 g/mol. The Balaban J connectivity index is 1.59. The third-order valence-corrected chi connectivity index (χ3v) is 6.14. The predicted molar refractivity (Wildman–Crippen MR) is 129 cm³/mol. The number of hydrazone groups is 1. The summed E-state index contributed by atoms with van der Waals surface area (Å²) in [4.78, 5) is 16.7. The van der Waals surface area contributed by atoms with E-state index in [0.29, 0.717) is 46.9 Å². The lowest BCUT2D eigenvalue weighted by Crippen LogP contribution is -2.35. The molecule has 0 radical (unpaired) electrons. The largest absolute Gasteiger partial charge is 0.490 e. The number of carbonyl (C=O) groups excluding carboxylic acids is 1. The molecule has 0 saturated heterocycles. The lowest BCUT2D eigenvalue weighted by Gasteiger charge is -2.20. The number of aliphatic imine (C=N–C) groups is 1. The Morgan fingerprint density at radius 1 is 1.16 bits per heavy atom. The second kappa shape index (κ2) is 9.58. The molecule has 9 heteroatoms. The molecular formula is C23H21ClN4O3S. The molecule has 2 aromatic rings. The highest BCUT2D eigenvalue weighted by molar-refractivity contribution is 8.26. The van der Waals surface area contributed by atoms with Crippen molar-refractivity contribution in [2.75, 3.05) is 6.61 Å². The van der Waals surface area contributed by atoms with E-state index in [2.05, 4.69) is 10.1 Å². The monoisotopic (exact) mass is 468 g/mol. The Labute approximate surface area is 195 Å². The molecule has 32 heavy (non-hydrogen) atoms. The highest BCUT2D eigenvalue weighted by atomic mass is 35.5. The minimum Gasteiger partial charge on any atom is -0.490 e. The fraction of sp³-hybridized carbons (Fsp3) is 0.217. The van der Waals surface area contributed by atoms with Crippen LogP contribution in [0.15, 0.2) is 58.1 Å². The lowest BCUT2D eigenvalue weighted by atomic mass is 10.1. The van der Waals surface area contributed by atoms with Crippen molar-refractivity contribution < 1.29 is 14.3 Å². The van der Waals surface area contributed by atoms with Gasteiger partial charge in [-0.25, -0.2) is 0 Å². The van der Waals surface area contributed by atoms with Crippen LogP contribution in [0.4, 0.5) is 0 Å². The Hall–Kier alpha value is -3.10. The van der Waals surface area contributed by atoms with Crippen LogP contribution in [0, 0.1) is 5.41 Å². The fourth-order valence-electron chi connectivity index (χ4n) is 3.11. The maximum atomic E-state index is 12.6. The highest BCUT2D eigenvalue weighted by Gasteiger charge is 2.35. The van der Waals surface area contributed by atoms with Crippen LogP contribution in [0.3, 0.4) is 0 Å². The second-order valence-electron chi connectivity index (χ2n) is 6.89. The van der Waals surface area contributed by atoms with Crippen molar-refractivity contribution in [1.29, 1.82) is 5.41 Å². The third kappa shape index (κ3) is 4.56. The van der Waals surface area contributed by atoms with Crippen molar-refractivity contribution in [3.63, 3.8) is 0 Å². The van der Waals surface area contributed by atoms with Gasteiger partial charge in [-0.15, -0.1) is 0 Å². The zero-order valence-electron chi connectivity index (χ0n) is 17.6. The number of fused-ring (bicyclic) bond motifs is 1. The molecule has 164 valence electrons. The summed E-state index contributed by atoms with van der Waals surface area (Å²) in [6.07, 6.45) is 2.34. The summed E-state index contributed by atoms with van der Waals surface area (Å²) in [5.41, 5.74) is 1.73. The molecule has 2 heterocycles. The number of nitrogens with one attached hydrogen (secondary N) is 1. The molecule has 1 N–H and O–H groups in total. The molecule has 0 spiro atoms. The molecule has 0 atom stereocenters. The Bertz CT molecular complexity index is 1180. The molecule has 2 aliphatic rings. The molecule has 2 aromatic carbocycles. The summed E-state index contributed by atoms with van der Waals surface area (Å²) in [6.45, 7) is 4.60. The maximum Gasteiger partial charge on any atom is 0.283 e. The molecule has 0 unspecified atom stereocenters. The molecule has 1 amide bonds. The van der Waals surface area contributed by atoms with Crippen LogP contribution in [0.2, 0.25) is 5.02 Å². The highest BCUT2D eigenvalue weighted by Crippen LogP contribution is 2.33. The summed E-state index contributed by atoms with van der Waals surface area (Å²) in [6, 6.07) is 12.8. The van der Waals surface area contributed by atoms with Crippen LogP contribution in [0.25, 0.3) is 6.08 Å². The van der Waals surface area contributed by atoms with Crippen LogP contribution in [0.1, 0.15) is 31.4 Å². The zero-order valence-corrected chi connectivity index (χ0v) is 19.2. The van der Waals surface area contributed by atoms with E-state index in [1.807, 2.05) is 38.1 Å². The van der Waals surface area contributed by atoms with E-state index in [0.717, 1.165) is 10.6 Å². The van der Waals surface area contributed by atoms with Crippen molar-refractivity contribution in [3.8, 4) is 11.5 Å². The van der Waals surface area contributed by atoms with Crippen molar-refractivity contribution in [2.24, 2.45) is 10.1 Å². The minimum atomic E-state index is -0.460. The predicted octanol–water partition coefficient (Wildman–Crippen LogP) is 5.35. The first kappa shape index (κ1) is 22.1. The Morgan fingerprint density at radius 3 is 2.72 bits per heavy atom. The summed E-state index contributed by atoms with van der Waals surface area (Å²) in [7, 11) is 0. The summed E-state index contributed by atoms with van der Waals surface area (Å²) in [5.74, 6) is 0.648. The average Bonchev–Trinajstić information content (AvgIpc) is 3.20. The topological polar surface area (TPSA) is 87.3 Å². The van der Waals surface area contributed by atoms with Gasteiger partial charge in [0.2, 0.25) is 5.17 Å². The van der Waals surface area contributed by atoms with Crippen LogP contribution in [-0.2, 0) is 11.4 Å². The van der Waals surface area contributed by atoms with Crippen molar-refractivity contribution in [1.82, 2.24) is 5.01 Å². The van der Waals surface area contributed by atoms with Crippen LogP contribution >= 0.6 is 23.4 Å². The van der Waals surface area contributed by atoms with Gasteiger partial charge in [-0.1, -0.05) is 42.8 Å². The number of hydrogen-bond donors (Lipinski definition) is 1. The number of rotatable bonds is 7. The van der Waals surface area contributed by atoms with E-state index in [-0.39, 0.29) is 11.4 Å². The number of hydrogen-bond acceptors (Lipinski definition) is 6. The molecule has 0 aliphatic carbocycles. The summed E-state index contributed by atoms with van der Waals surface area (Å²) in [5, 5.41) is 16.1. The van der Waals surface area contributed by atoms with Crippen LogP contribution in [0.5, 0.6) is 11.5 Å². The molecule has 4 rings (SSSR count). The van der Waals surface area contributed by atoms with Gasteiger partial charge in [0.1, 0.15) is 11.7 Å². The normalized spacial score (nSPS) is 16.7. The number of ether oxygens (including phenoxy) is 2. The van der Waals surface area contributed by atoms with E-state index in [1.54, 1.807) is 24.3 Å². The van der Waals surface area contributed by atoms with Gasteiger partial charge in [-0.2, -0.15) is 15.1 Å². The van der Waals surface area contributed by atoms with E-state index in [1.165, 1.54) is 16.8 Å². The molecule has 0 bridgehead atoms. The first-order chi connectivity index (χ1) is 15.5. The van der Waals surface area contributed by atoms with E-state index < -0.39 is 5.91 Å². The number of carbonyl (C=O) groups is 1. The average molecular weight is 469 g/mol. The molecule has 0 aromatic heterocycles. The Kier molecular flexibility index (Phi) is 6.62. The second-order valence-corrected chi connectivity index (χ2v) is 8.33. The van der Waals surface area contributed by atoms with E-state index >= 15 is 0 Å². The van der Waals surface area contributed by atoms with Gasteiger partial charge in [-0.05, 0) is 54.9 Å². The van der Waals surface area contributed by atoms with Gasteiger partial charge in [-0.3, -0.25) is 10.2 Å². The van der Waals surface area contributed by atoms with Gasteiger partial charge in [0.25, 0.3) is 5.91 Å². The molecule has 2 aliphatic heterocycles. The number of amides is 1. The van der Waals surface area contributed by atoms with Gasteiger partial charge >= 0.3 is 0 Å². The van der Waals surface area contributed by atoms with Crippen molar-refractivity contribution in [2.45, 2.75) is 26.9 Å². The number of nitrogens with zero attached hydrogens (tertiary/aromatic N) is 3. The quantitative estimate of drug-likeness (QED) is 0.553. The third-order valence-electron chi connectivity index (χ3n) is 4.72. The number of halogens is 1. The van der Waals surface area contributed by atoms with Crippen molar-refractivity contribution >= 4 is 51.4 Å². The number of thioether (sulfide) groups is 1. The van der Waals surface area contributed by atoms with Crippen LogP contribution in [-0.4, -0.2) is 33.6 Å². The minimum absolute atomic E-state index is 0.00737. The SMILES string of the molecule is CCOc1cc(/C=C2\C(=N)N3N=C(CC)SC3=NC2=O)ccc1OCc1ccccc1Cl. The van der Waals surface area contributed by atoms with Gasteiger partial charge in [0.05, 0.1) is 12.2 Å². The van der Waals surface area contributed by atoms with Gasteiger partial charge in [0.15, 0.2) is 17.3 Å². The maximum absolute atomic E-state index is 12.6. The standard InChI is InChI=1S/C23H21ClN4O3S/c1-3-20-27-28-21(25)16(22(29)26-23(28)32-20)11-14-9-10-18(19(12-14)30-4-2)31-13-15-7-5-6-8-17(15)24/h5-12,25H,3-4,13H2,1-2H3/b16-11+,25-21?.